The smallest absolute Gasteiger partial charge is 0.245 e. The molecule has 1 aromatic rings. The van der Waals surface area contributed by atoms with Crippen molar-refractivity contribution < 1.29 is 9.59 Å². The average Bonchev–Trinajstić information content (AvgIpc) is 2.48. The number of nitrogens with one attached hydrogen (secondary N) is 1. The van der Waals surface area contributed by atoms with Crippen molar-refractivity contribution in [2.24, 2.45) is 0 Å². The van der Waals surface area contributed by atoms with Crippen LogP contribution >= 0.6 is 0 Å². The molecule has 1 aromatic carbocycles. The maximum atomic E-state index is 12.2. The molecule has 5 heteroatoms. The molecule has 2 amide bonds. The molecule has 2 aliphatic heterocycles. The largest absolute Gasteiger partial charge is 0.343 e. The number of hydrogen-bond acceptors (Lipinski definition) is 3. The van der Waals surface area contributed by atoms with Crippen molar-refractivity contribution in [2.45, 2.75) is 39.4 Å². The van der Waals surface area contributed by atoms with Gasteiger partial charge in [-0.25, -0.2) is 0 Å². The minimum absolute atomic E-state index is 0.0302. The Morgan fingerprint density at radius 1 is 1.23 bits per heavy atom. The first-order valence-corrected chi connectivity index (χ1v) is 7.85. The Labute approximate surface area is 131 Å². The lowest BCUT2D eigenvalue weighted by molar-refractivity contribution is -0.152. The zero-order valence-electron chi connectivity index (χ0n) is 13.4. The van der Waals surface area contributed by atoms with Crippen LogP contribution in [0.1, 0.15) is 23.6 Å². The van der Waals surface area contributed by atoms with Crippen molar-refractivity contribution in [3.05, 3.63) is 34.9 Å². The lowest BCUT2D eigenvalue weighted by Crippen LogP contribution is -2.68. The molecule has 0 radical (unpaired) electrons. The second kappa shape index (κ2) is 5.72. The fourth-order valence-corrected chi connectivity index (χ4v) is 3.36. The van der Waals surface area contributed by atoms with Crippen molar-refractivity contribution >= 4 is 11.8 Å². The highest BCUT2D eigenvalue weighted by atomic mass is 16.2. The molecular weight excluding hydrogens is 278 g/mol. The first-order valence-electron chi connectivity index (χ1n) is 7.85. The summed E-state index contributed by atoms with van der Waals surface area (Å²) in [6.07, 6.45) is 0. The van der Waals surface area contributed by atoms with Crippen LogP contribution in [-0.2, 0) is 16.1 Å². The van der Waals surface area contributed by atoms with Gasteiger partial charge in [0.25, 0.3) is 0 Å². The van der Waals surface area contributed by atoms with Crippen LogP contribution in [0.2, 0.25) is 0 Å². The summed E-state index contributed by atoms with van der Waals surface area (Å²) in [5.74, 6) is 0.00759. The molecule has 2 fully saturated rings. The first kappa shape index (κ1) is 15.0. The summed E-state index contributed by atoms with van der Waals surface area (Å²) in [5.41, 5.74) is 3.83. The summed E-state index contributed by atoms with van der Waals surface area (Å²) in [4.78, 5) is 28.3. The number of hydrogen-bond donors (Lipinski definition) is 1. The molecule has 1 N–H and O–H groups in total. The van der Waals surface area contributed by atoms with E-state index in [1.807, 2.05) is 0 Å². The number of carbonyl (C=O) groups excluding carboxylic acids is 2. The van der Waals surface area contributed by atoms with Gasteiger partial charge in [0.1, 0.15) is 12.1 Å². The number of amides is 2. The van der Waals surface area contributed by atoms with Gasteiger partial charge in [0.15, 0.2) is 0 Å². The summed E-state index contributed by atoms with van der Waals surface area (Å²) in [6, 6.07) is 5.73. The van der Waals surface area contributed by atoms with Crippen LogP contribution in [0.5, 0.6) is 0 Å². The van der Waals surface area contributed by atoms with E-state index in [0.717, 1.165) is 13.1 Å². The van der Waals surface area contributed by atoms with Gasteiger partial charge >= 0.3 is 0 Å². The van der Waals surface area contributed by atoms with Crippen LogP contribution in [0.25, 0.3) is 0 Å². The second-order valence-electron chi connectivity index (χ2n) is 6.44. The molecule has 0 unspecified atom stereocenters. The zero-order valence-corrected chi connectivity index (χ0v) is 13.4. The summed E-state index contributed by atoms with van der Waals surface area (Å²) in [7, 11) is 0. The van der Waals surface area contributed by atoms with Gasteiger partial charge in [-0.05, 0) is 31.9 Å². The summed E-state index contributed by atoms with van der Waals surface area (Å²) in [5, 5.41) is 2.77. The Hall–Kier alpha value is -1.88. The van der Waals surface area contributed by atoms with E-state index in [1.165, 1.54) is 16.7 Å². The third kappa shape index (κ3) is 2.73. The van der Waals surface area contributed by atoms with Crippen molar-refractivity contribution in [2.75, 3.05) is 19.6 Å². The predicted molar refractivity (Wildman–Crippen MR) is 84.3 cm³/mol. The lowest BCUT2D eigenvalue weighted by Gasteiger charge is -2.44. The van der Waals surface area contributed by atoms with Gasteiger partial charge < -0.3 is 10.2 Å². The van der Waals surface area contributed by atoms with Crippen molar-refractivity contribution in [3.63, 3.8) is 0 Å². The molecule has 5 nitrogen and oxygen atoms in total. The Bertz CT molecular complexity index is 614. The third-order valence-corrected chi connectivity index (χ3v) is 4.67. The molecule has 2 atom stereocenters. The van der Waals surface area contributed by atoms with Crippen LogP contribution in [0.4, 0.5) is 0 Å². The molecule has 0 aliphatic carbocycles. The fraction of sp³-hybridized carbons (Fsp3) is 0.529. The van der Waals surface area contributed by atoms with Crippen LogP contribution in [0, 0.1) is 13.8 Å². The van der Waals surface area contributed by atoms with E-state index in [0.29, 0.717) is 13.1 Å². The predicted octanol–water partition coefficient (Wildman–Crippen LogP) is 0.835. The molecule has 22 heavy (non-hydrogen) atoms. The van der Waals surface area contributed by atoms with Gasteiger partial charge in [0.2, 0.25) is 11.8 Å². The molecule has 0 spiro atoms. The highest BCUT2D eigenvalue weighted by Crippen LogP contribution is 2.19. The van der Waals surface area contributed by atoms with Crippen molar-refractivity contribution in [3.8, 4) is 0 Å². The van der Waals surface area contributed by atoms with Crippen molar-refractivity contribution in [1.82, 2.24) is 15.1 Å². The van der Waals surface area contributed by atoms with Gasteiger partial charge in [0.05, 0.1) is 0 Å². The molecule has 0 aromatic heterocycles. The summed E-state index contributed by atoms with van der Waals surface area (Å²) in [6.45, 7) is 8.84. The molecule has 3 rings (SSSR count). The standard InChI is InChI=1S/C17H23N3O2/c1-11-4-5-14(12(2)8-11)9-19-6-7-20-15(10-19)16(21)18-13(3)17(20)22/h4-5,8,13,15H,6-7,9-10H2,1-3H3,(H,18,21)/t13-,15+/m0/s1. The minimum Gasteiger partial charge on any atom is -0.343 e. The molecule has 0 saturated carbocycles. The molecule has 118 valence electrons. The van der Waals surface area contributed by atoms with E-state index in [-0.39, 0.29) is 17.9 Å². The van der Waals surface area contributed by atoms with E-state index in [9.17, 15) is 9.59 Å². The normalized spacial score (nSPS) is 25.9. The maximum Gasteiger partial charge on any atom is 0.245 e. The Morgan fingerprint density at radius 3 is 2.73 bits per heavy atom. The third-order valence-electron chi connectivity index (χ3n) is 4.67. The summed E-state index contributed by atoms with van der Waals surface area (Å²) >= 11 is 0. The van der Waals surface area contributed by atoms with Gasteiger partial charge in [-0.3, -0.25) is 14.5 Å². The monoisotopic (exact) mass is 301 g/mol. The van der Waals surface area contributed by atoms with Crippen LogP contribution in [0.15, 0.2) is 18.2 Å². The Kier molecular flexibility index (Phi) is 3.91. The van der Waals surface area contributed by atoms with Crippen LogP contribution in [0.3, 0.4) is 0 Å². The SMILES string of the molecule is Cc1ccc(CN2CCN3C(=O)[C@H](C)NC(=O)[C@H]3C2)c(C)c1. The Balaban J connectivity index is 1.71. The molecule has 2 heterocycles. The average molecular weight is 301 g/mol. The highest BCUT2D eigenvalue weighted by molar-refractivity contribution is 5.97. The van der Waals surface area contributed by atoms with Gasteiger partial charge in [-0.1, -0.05) is 23.8 Å². The van der Waals surface area contributed by atoms with E-state index in [1.54, 1.807) is 11.8 Å². The van der Waals surface area contributed by atoms with Crippen molar-refractivity contribution in [1.29, 1.82) is 0 Å². The lowest BCUT2D eigenvalue weighted by atomic mass is 10.0. The van der Waals surface area contributed by atoms with Crippen LogP contribution in [-0.4, -0.2) is 53.3 Å². The quantitative estimate of drug-likeness (QED) is 0.880. The first-order chi connectivity index (χ1) is 10.5. The van der Waals surface area contributed by atoms with Crippen LogP contribution < -0.4 is 5.32 Å². The second-order valence-corrected chi connectivity index (χ2v) is 6.44. The number of carbonyl (C=O) groups is 2. The number of aryl methyl sites for hydroxylation is 2. The number of nitrogens with zero attached hydrogens (tertiary/aromatic N) is 2. The maximum absolute atomic E-state index is 12.2. The minimum atomic E-state index is -0.394. The number of benzene rings is 1. The number of fused-ring (bicyclic) bond motifs is 1. The van der Waals surface area contributed by atoms with E-state index in [4.69, 9.17) is 0 Å². The zero-order chi connectivity index (χ0) is 15.9. The number of piperazine rings is 2. The molecular formula is C17H23N3O2. The molecule has 0 bridgehead atoms. The highest BCUT2D eigenvalue weighted by Gasteiger charge is 2.41. The molecule has 2 aliphatic rings. The van der Waals surface area contributed by atoms with E-state index < -0.39 is 6.04 Å². The van der Waals surface area contributed by atoms with Gasteiger partial charge in [-0.2, -0.15) is 0 Å². The van der Waals surface area contributed by atoms with Gasteiger partial charge in [0, 0.05) is 26.2 Å². The fourth-order valence-electron chi connectivity index (χ4n) is 3.36. The summed E-state index contributed by atoms with van der Waals surface area (Å²) < 4.78 is 0. The van der Waals surface area contributed by atoms with E-state index in [2.05, 4.69) is 42.3 Å². The Morgan fingerprint density at radius 2 is 2.00 bits per heavy atom. The van der Waals surface area contributed by atoms with Gasteiger partial charge in [-0.15, -0.1) is 0 Å². The van der Waals surface area contributed by atoms with E-state index >= 15 is 0 Å². The molecule has 2 saturated heterocycles. The number of rotatable bonds is 2. The topological polar surface area (TPSA) is 52.6 Å².